The molecule has 0 aliphatic carbocycles. The van der Waals surface area contributed by atoms with E-state index >= 15 is 0 Å². The SMILES string of the molecule is Cc1cc(N2CCCC(CNC(C)C)C2)ccc1C#N. The van der Waals surface area contributed by atoms with Crippen molar-refractivity contribution in [2.75, 3.05) is 24.5 Å². The number of nitrogens with zero attached hydrogens (tertiary/aromatic N) is 2. The summed E-state index contributed by atoms with van der Waals surface area (Å²) in [6.45, 7) is 9.76. The van der Waals surface area contributed by atoms with Crippen LogP contribution in [0.4, 0.5) is 5.69 Å². The lowest BCUT2D eigenvalue weighted by Crippen LogP contribution is -2.41. The van der Waals surface area contributed by atoms with Crippen molar-refractivity contribution in [2.45, 2.75) is 39.7 Å². The molecule has 1 atom stereocenters. The van der Waals surface area contributed by atoms with Crippen LogP contribution < -0.4 is 10.2 Å². The van der Waals surface area contributed by atoms with E-state index in [2.05, 4.69) is 42.3 Å². The van der Waals surface area contributed by atoms with E-state index in [0.29, 0.717) is 6.04 Å². The predicted molar refractivity (Wildman–Crippen MR) is 84.0 cm³/mol. The predicted octanol–water partition coefficient (Wildman–Crippen LogP) is 3.08. The standard InChI is InChI=1S/C17H25N3/c1-13(2)19-11-15-5-4-8-20(12-15)17-7-6-16(10-18)14(3)9-17/h6-7,9,13,15,19H,4-5,8,11-12H2,1-3H3. The summed E-state index contributed by atoms with van der Waals surface area (Å²) < 4.78 is 0. The van der Waals surface area contributed by atoms with Gasteiger partial charge in [0.25, 0.3) is 0 Å². The largest absolute Gasteiger partial charge is 0.371 e. The van der Waals surface area contributed by atoms with Gasteiger partial charge in [-0.05, 0) is 56.0 Å². The first-order chi connectivity index (χ1) is 9.60. The molecule has 0 saturated carbocycles. The second-order valence-electron chi connectivity index (χ2n) is 6.13. The second kappa shape index (κ2) is 6.76. The molecule has 0 aromatic heterocycles. The molecule has 0 amide bonds. The van der Waals surface area contributed by atoms with E-state index in [0.717, 1.165) is 36.7 Å². The molecule has 1 fully saturated rings. The van der Waals surface area contributed by atoms with Crippen molar-refractivity contribution in [3.8, 4) is 6.07 Å². The first-order valence-electron chi connectivity index (χ1n) is 7.59. The average Bonchev–Trinajstić information content (AvgIpc) is 2.45. The maximum absolute atomic E-state index is 9.01. The minimum Gasteiger partial charge on any atom is -0.371 e. The highest BCUT2D eigenvalue weighted by Gasteiger charge is 2.20. The zero-order chi connectivity index (χ0) is 14.5. The summed E-state index contributed by atoms with van der Waals surface area (Å²) in [5.74, 6) is 0.724. The van der Waals surface area contributed by atoms with Crippen molar-refractivity contribution in [1.29, 1.82) is 5.26 Å². The number of anilines is 1. The summed E-state index contributed by atoms with van der Waals surface area (Å²) >= 11 is 0. The highest BCUT2D eigenvalue weighted by Crippen LogP contribution is 2.24. The molecule has 1 unspecified atom stereocenters. The fraction of sp³-hybridized carbons (Fsp3) is 0.588. The smallest absolute Gasteiger partial charge is 0.0994 e. The monoisotopic (exact) mass is 271 g/mol. The minimum atomic E-state index is 0.558. The van der Waals surface area contributed by atoms with E-state index in [4.69, 9.17) is 5.26 Å². The van der Waals surface area contributed by atoms with E-state index in [-0.39, 0.29) is 0 Å². The molecule has 0 spiro atoms. The Hall–Kier alpha value is -1.53. The van der Waals surface area contributed by atoms with Crippen LogP contribution in [0.2, 0.25) is 0 Å². The Labute approximate surface area is 122 Å². The van der Waals surface area contributed by atoms with Crippen LogP contribution in [0.15, 0.2) is 18.2 Å². The van der Waals surface area contributed by atoms with Crippen molar-refractivity contribution >= 4 is 5.69 Å². The Morgan fingerprint density at radius 2 is 2.25 bits per heavy atom. The van der Waals surface area contributed by atoms with Gasteiger partial charge < -0.3 is 10.2 Å². The zero-order valence-corrected chi connectivity index (χ0v) is 12.8. The van der Waals surface area contributed by atoms with Crippen molar-refractivity contribution in [3.63, 3.8) is 0 Å². The molecular formula is C17H25N3. The molecule has 1 N–H and O–H groups in total. The number of nitrogens with one attached hydrogen (secondary N) is 1. The van der Waals surface area contributed by atoms with Gasteiger partial charge in [-0.1, -0.05) is 13.8 Å². The van der Waals surface area contributed by atoms with Crippen LogP contribution in [0.5, 0.6) is 0 Å². The molecule has 20 heavy (non-hydrogen) atoms. The van der Waals surface area contributed by atoms with Gasteiger partial charge in [-0.25, -0.2) is 0 Å². The summed E-state index contributed by atoms with van der Waals surface area (Å²) in [5.41, 5.74) is 3.12. The summed E-state index contributed by atoms with van der Waals surface area (Å²) in [4.78, 5) is 2.46. The molecule has 1 aromatic rings. The van der Waals surface area contributed by atoms with Crippen LogP contribution in [0.25, 0.3) is 0 Å². The van der Waals surface area contributed by atoms with Crippen LogP contribution in [0.3, 0.4) is 0 Å². The van der Waals surface area contributed by atoms with E-state index in [9.17, 15) is 0 Å². The fourth-order valence-corrected chi connectivity index (χ4v) is 2.84. The van der Waals surface area contributed by atoms with E-state index in [1.807, 2.05) is 13.0 Å². The maximum Gasteiger partial charge on any atom is 0.0994 e. The highest BCUT2D eigenvalue weighted by molar-refractivity contribution is 5.53. The van der Waals surface area contributed by atoms with Gasteiger partial charge in [0.2, 0.25) is 0 Å². The molecule has 2 rings (SSSR count). The van der Waals surface area contributed by atoms with Crippen molar-refractivity contribution in [2.24, 2.45) is 5.92 Å². The van der Waals surface area contributed by atoms with Gasteiger partial charge in [-0.3, -0.25) is 0 Å². The lowest BCUT2D eigenvalue weighted by Gasteiger charge is -2.35. The summed E-state index contributed by atoms with van der Waals surface area (Å²) in [6.07, 6.45) is 2.56. The van der Waals surface area contributed by atoms with Gasteiger partial charge in [0.1, 0.15) is 0 Å². The quantitative estimate of drug-likeness (QED) is 0.914. The Bertz CT molecular complexity index is 487. The second-order valence-corrected chi connectivity index (χ2v) is 6.13. The summed E-state index contributed by atoms with van der Waals surface area (Å²) in [7, 11) is 0. The average molecular weight is 271 g/mol. The molecule has 3 heteroatoms. The van der Waals surface area contributed by atoms with Crippen LogP contribution in [-0.4, -0.2) is 25.7 Å². The third-order valence-electron chi connectivity index (χ3n) is 4.03. The van der Waals surface area contributed by atoms with E-state index < -0.39 is 0 Å². The molecule has 3 nitrogen and oxygen atoms in total. The Morgan fingerprint density at radius 1 is 1.45 bits per heavy atom. The number of rotatable bonds is 4. The molecule has 0 radical (unpaired) electrons. The normalized spacial score (nSPS) is 19.1. The summed E-state index contributed by atoms with van der Waals surface area (Å²) in [5, 5.41) is 12.6. The van der Waals surface area contributed by atoms with Crippen molar-refractivity contribution < 1.29 is 0 Å². The Morgan fingerprint density at radius 3 is 2.90 bits per heavy atom. The van der Waals surface area contributed by atoms with Gasteiger partial charge >= 0.3 is 0 Å². The molecule has 1 aliphatic heterocycles. The van der Waals surface area contributed by atoms with Gasteiger partial charge in [0.15, 0.2) is 0 Å². The van der Waals surface area contributed by atoms with Gasteiger partial charge in [-0.2, -0.15) is 5.26 Å². The molecule has 108 valence electrons. The van der Waals surface area contributed by atoms with Gasteiger partial charge in [-0.15, -0.1) is 0 Å². The molecule has 1 saturated heterocycles. The number of benzene rings is 1. The van der Waals surface area contributed by atoms with Crippen LogP contribution in [0.1, 0.15) is 37.8 Å². The third-order valence-corrected chi connectivity index (χ3v) is 4.03. The van der Waals surface area contributed by atoms with Gasteiger partial charge in [0, 0.05) is 24.8 Å². The number of hydrogen-bond acceptors (Lipinski definition) is 3. The molecule has 1 aromatic carbocycles. The molecule has 0 bridgehead atoms. The number of hydrogen-bond donors (Lipinski definition) is 1. The maximum atomic E-state index is 9.01. The van der Waals surface area contributed by atoms with Crippen LogP contribution in [0, 0.1) is 24.2 Å². The highest BCUT2D eigenvalue weighted by atomic mass is 15.1. The first-order valence-corrected chi connectivity index (χ1v) is 7.59. The van der Waals surface area contributed by atoms with E-state index in [1.165, 1.54) is 18.5 Å². The summed E-state index contributed by atoms with van der Waals surface area (Å²) in [6, 6.07) is 8.98. The zero-order valence-electron chi connectivity index (χ0n) is 12.8. The topological polar surface area (TPSA) is 39.1 Å². The molecule has 1 heterocycles. The van der Waals surface area contributed by atoms with Crippen LogP contribution >= 0.6 is 0 Å². The number of nitriles is 1. The van der Waals surface area contributed by atoms with Crippen molar-refractivity contribution in [3.05, 3.63) is 29.3 Å². The Balaban J connectivity index is 2.01. The number of piperidine rings is 1. The lowest BCUT2D eigenvalue weighted by atomic mass is 9.96. The molecular weight excluding hydrogens is 246 g/mol. The van der Waals surface area contributed by atoms with Crippen molar-refractivity contribution in [1.82, 2.24) is 5.32 Å². The van der Waals surface area contributed by atoms with Gasteiger partial charge in [0.05, 0.1) is 11.6 Å². The van der Waals surface area contributed by atoms with E-state index in [1.54, 1.807) is 0 Å². The number of aryl methyl sites for hydroxylation is 1. The fourth-order valence-electron chi connectivity index (χ4n) is 2.84. The minimum absolute atomic E-state index is 0.558. The van der Waals surface area contributed by atoms with Crippen LogP contribution in [-0.2, 0) is 0 Å². The Kier molecular flexibility index (Phi) is 5.03. The third kappa shape index (κ3) is 3.74. The first kappa shape index (κ1) is 14.9. The molecule has 1 aliphatic rings. The lowest BCUT2D eigenvalue weighted by molar-refractivity contribution is 0.379.